The van der Waals surface area contributed by atoms with E-state index in [4.69, 9.17) is 10.5 Å². The average Bonchev–Trinajstić information content (AvgIpc) is 2.68. The molecule has 1 saturated heterocycles. The number of esters is 1. The Morgan fingerprint density at radius 2 is 2.19 bits per heavy atom. The molecule has 1 aromatic heterocycles. The first-order valence-corrected chi connectivity index (χ1v) is 9.03. The molecule has 0 saturated carbocycles. The summed E-state index contributed by atoms with van der Waals surface area (Å²) < 4.78 is 4.84. The number of carbonyl (C=O) groups is 1. The summed E-state index contributed by atoms with van der Waals surface area (Å²) in [4.78, 5) is 18.1. The predicted molar refractivity (Wildman–Crippen MR) is 90.8 cm³/mol. The van der Waals surface area contributed by atoms with Crippen molar-refractivity contribution >= 4 is 39.8 Å². The average molecular weight is 329 g/mol. The molecule has 0 bridgehead atoms. The zero-order chi connectivity index (χ0) is 15.6. The van der Waals surface area contributed by atoms with Crippen LogP contribution in [-0.2, 0) is 4.74 Å². The van der Waals surface area contributed by atoms with E-state index in [1.54, 1.807) is 11.8 Å². The first-order valence-electron chi connectivity index (χ1n) is 6.99. The molecule has 0 aromatic carbocycles. The third kappa shape index (κ3) is 3.30. The van der Waals surface area contributed by atoms with Crippen LogP contribution in [0.15, 0.2) is 4.90 Å². The third-order valence-electron chi connectivity index (χ3n) is 3.76. The molecule has 2 heterocycles. The number of carbonyl (C=O) groups excluding carboxylic acids is 1. The van der Waals surface area contributed by atoms with Crippen molar-refractivity contribution in [2.24, 2.45) is 0 Å². The topological polar surface area (TPSA) is 58.8 Å². The van der Waals surface area contributed by atoms with Gasteiger partial charge in [0.15, 0.2) is 0 Å². The molecule has 1 aliphatic heterocycles. The van der Waals surface area contributed by atoms with E-state index in [0.717, 1.165) is 36.0 Å². The Bertz CT molecular complexity index is 519. The molecule has 1 aliphatic rings. The van der Waals surface area contributed by atoms with Crippen molar-refractivity contribution in [3.63, 3.8) is 0 Å². The fourth-order valence-electron chi connectivity index (χ4n) is 2.72. The molecule has 1 fully saturated rings. The number of thiophene rings is 1. The molecule has 0 spiro atoms. The minimum Gasteiger partial charge on any atom is -0.465 e. The van der Waals surface area contributed by atoms with Gasteiger partial charge in [-0.2, -0.15) is 0 Å². The predicted octanol–water partition coefficient (Wildman–Crippen LogP) is 2.37. The van der Waals surface area contributed by atoms with E-state index < -0.39 is 0 Å². The second-order valence-corrected chi connectivity index (χ2v) is 7.15. The zero-order valence-electron chi connectivity index (χ0n) is 13.0. The van der Waals surface area contributed by atoms with Crippen LogP contribution in [0.1, 0.15) is 23.0 Å². The Balaban J connectivity index is 2.40. The molecule has 2 N–H and O–H groups in total. The summed E-state index contributed by atoms with van der Waals surface area (Å²) >= 11 is 3.05. The van der Waals surface area contributed by atoms with Crippen LogP contribution in [-0.4, -0.2) is 57.0 Å². The van der Waals surface area contributed by atoms with Gasteiger partial charge in [0, 0.05) is 19.1 Å². The van der Waals surface area contributed by atoms with Crippen LogP contribution in [0.2, 0.25) is 0 Å². The number of ether oxygens (including phenoxy) is 1. The zero-order valence-corrected chi connectivity index (χ0v) is 14.6. The van der Waals surface area contributed by atoms with Gasteiger partial charge < -0.3 is 20.3 Å². The number of hydrogen-bond donors (Lipinski definition) is 1. The lowest BCUT2D eigenvalue weighted by Gasteiger charge is -2.29. The van der Waals surface area contributed by atoms with Crippen molar-refractivity contribution in [2.45, 2.75) is 24.3 Å². The largest absolute Gasteiger partial charge is 0.465 e. The highest BCUT2D eigenvalue weighted by Crippen LogP contribution is 2.45. The molecule has 0 aliphatic carbocycles. The van der Waals surface area contributed by atoms with Crippen LogP contribution in [0, 0.1) is 0 Å². The van der Waals surface area contributed by atoms with E-state index in [2.05, 4.69) is 23.8 Å². The number of likely N-dealkylation sites (N-methyl/N-ethyl adjacent to an activating group) is 1. The van der Waals surface area contributed by atoms with E-state index in [0.29, 0.717) is 16.6 Å². The molecule has 1 aromatic rings. The minimum atomic E-state index is -0.348. The summed E-state index contributed by atoms with van der Waals surface area (Å²) in [5, 5.41) is 1.10. The van der Waals surface area contributed by atoms with Crippen LogP contribution < -0.4 is 10.6 Å². The maximum Gasteiger partial charge on any atom is 0.350 e. The van der Waals surface area contributed by atoms with Crippen molar-refractivity contribution in [1.82, 2.24) is 4.90 Å². The van der Waals surface area contributed by atoms with Crippen LogP contribution in [0.3, 0.4) is 0 Å². The van der Waals surface area contributed by atoms with Crippen LogP contribution in [0.5, 0.6) is 0 Å². The van der Waals surface area contributed by atoms with E-state index >= 15 is 0 Å². The van der Waals surface area contributed by atoms with E-state index in [1.165, 1.54) is 18.4 Å². The number of methoxy groups -OCH3 is 1. The fourth-order valence-corrected chi connectivity index (χ4v) is 4.94. The standard InChI is InChI=1S/C14H23N3O2S2/c1-9-8-16(2)6-5-7-17(9)13-11(20-4)10(15)12(21-13)14(18)19-3/h9H,5-8,15H2,1-4H3. The molecule has 5 nitrogen and oxygen atoms in total. The fraction of sp³-hybridized carbons (Fsp3) is 0.643. The lowest BCUT2D eigenvalue weighted by atomic mass is 10.2. The molecule has 7 heteroatoms. The summed E-state index contributed by atoms with van der Waals surface area (Å²) in [5.41, 5.74) is 6.72. The van der Waals surface area contributed by atoms with Crippen molar-refractivity contribution in [1.29, 1.82) is 0 Å². The number of rotatable bonds is 3. The Morgan fingerprint density at radius 1 is 1.48 bits per heavy atom. The summed E-state index contributed by atoms with van der Waals surface area (Å²) in [6.45, 7) is 5.32. The molecular formula is C14H23N3O2S2. The molecule has 1 atom stereocenters. The van der Waals surface area contributed by atoms with Crippen LogP contribution in [0.4, 0.5) is 10.7 Å². The highest BCUT2D eigenvalue weighted by molar-refractivity contribution is 7.99. The molecular weight excluding hydrogens is 306 g/mol. The van der Waals surface area contributed by atoms with E-state index in [9.17, 15) is 4.79 Å². The first kappa shape index (κ1) is 16.5. The number of anilines is 2. The van der Waals surface area contributed by atoms with Crippen LogP contribution >= 0.6 is 23.1 Å². The van der Waals surface area contributed by atoms with Gasteiger partial charge in [-0.1, -0.05) is 0 Å². The highest BCUT2D eigenvalue weighted by atomic mass is 32.2. The third-order valence-corrected chi connectivity index (χ3v) is 5.94. The van der Waals surface area contributed by atoms with Gasteiger partial charge in [0.1, 0.15) is 9.88 Å². The van der Waals surface area contributed by atoms with Gasteiger partial charge in [0.2, 0.25) is 0 Å². The Hall–Kier alpha value is -0.920. The van der Waals surface area contributed by atoms with E-state index in [1.807, 2.05) is 6.26 Å². The summed E-state index contributed by atoms with van der Waals surface area (Å²) in [6.07, 6.45) is 3.11. The molecule has 0 radical (unpaired) electrons. The number of nitrogens with two attached hydrogens (primary N) is 1. The van der Waals surface area contributed by atoms with Gasteiger partial charge >= 0.3 is 5.97 Å². The normalized spacial score (nSPS) is 20.4. The van der Waals surface area contributed by atoms with Crippen molar-refractivity contribution in [2.75, 3.05) is 50.7 Å². The number of nitrogen functional groups attached to an aromatic ring is 1. The number of hydrogen-bond acceptors (Lipinski definition) is 7. The summed E-state index contributed by atoms with van der Waals surface area (Å²) in [6, 6.07) is 0.395. The van der Waals surface area contributed by atoms with E-state index in [-0.39, 0.29) is 5.97 Å². The van der Waals surface area contributed by atoms with Gasteiger partial charge in [0.05, 0.1) is 17.7 Å². The Morgan fingerprint density at radius 3 is 2.81 bits per heavy atom. The minimum absolute atomic E-state index is 0.348. The SMILES string of the molecule is COC(=O)c1sc(N2CCCN(C)CC2C)c(SC)c1N. The molecule has 1 unspecified atom stereocenters. The lowest BCUT2D eigenvalue weighted by Crippen LogP contribution is -2.37. The molecule has 21 heavy (non-hydrogen) atoms. The van der Waals surface area contributed by atoms with Gasteiger partial charge in [-0.15, -0.1) is 23.1 Å². The second kappa shape index (κ2) is 6.89. The maximum absolute atomic E-state index is 11.9. The van der Waals surface area contributed by atoms with Gasteiger partial charge in [-0.3, -0.25) is 0 Å². The highest BCUT2D eigenvalue weighted by Gasteiger charge is 2.28. The van der Waals surface area contributed by atoms with Crippen LogP contribution in [0.25, 0.3) is 0 Å². The maximum atomic E-state index is 11.9. The Kier molecular flexibility index (Phi) is 5.40. The molecule has 0 amide bonds. The van der Waals surface area contributed by atoms with Crippen molar-refractivity contribution in [3.05, 3.63) is 4.88 Å². The second-order valence-electron chi connectivity index (χ2n) is 5.33. The first-order chi connectivity index (χ1) is 9.99. The van der Waals surface area contributed by atoms with Gasteiger partial charge in [0.25, 0.3) is 0 Å². The smallest absolute Gasteiger partial charge is 0.350 e. The number of thioether (sulfide) groups is 1. The summed E-state index contributed by atoms with van der Waals surface area (Å²) in [5.74, 6) is -0.348. The monoisotopic (exact) mass is 329 g/mol. The summed E-state index contributed by atoms with van der Waals surface area (Å²) in [7, 11) is 3.54. The van der Waals surface area contributed by atoms with Crippen molar-refractivity contribution < 1.29 is 9.53 Å². The lowest BCUT2D eigenvalue weighted by molar-refractivity contribution is 0.0607. The van der Waals surface area contributed by atoms with Crippen molar-refractivity contribution in [3.8, 4) is 0 Å². The molecule has 2 rings (SSSR count). The molecule has 118 valence electrons. The quantitative estimate of drug-likeness (QED) is 0.679. The van der Waals surface area contributed by atoms with Gasteiger partial charge in [-0.05, 0) is 33.2 Å². The van der Waals surface area contributed by atoms with Gasteiger partial charge in [-0.25, -0.2) is 4.79 Å². The number of nitrogens with zero attached hydrogens (tertiary/aromatic N) is 2. The Labute approximate surface area is 134 Å².